The van der Waals surface area contributed by atoms with Crippen molar-refractivity contribution in [2.24, 2.45) is 5.73 Å². The molecule has 5 heteroatoms. The van der Waals surface area contributed by atoms with Crippen LogP contribution in [0.4, 0.5) is 5.69 Å². The second kappa shape index (κ2) is 5.88. The molecule has 20 heavy (non-hydrogen) atoms. The van der Waals surface area contributed by atoms with Gasteiger partial charge in [0.1, 0.15) is 4.99 Å². The van der Waals surface area contributed by atoms with Crippen LogP contribution in [0.25, 0.3) is 0 Å². The average molecular weight is 312 g/mol. The maximum Gasteiger partial charge on any atom is 0.105 e. The fourth-order valence-electron chi connectivity index (χ4n) is 2.54. The van der Waals surface area contributed by atoms with E-state index in [1.165, 1.54) is 0 Å². The highest BCUT2D eigenvalue weighted by atomic mass is 35.5. The van der Waals surface area contributed by atoms with Crippen molar-refractivity contribution in [3.05, 3.63) is 28.8 Å². The largest absolute Gasteiger partial charge is 0.389 e. The molecule has 0 unspecified atom stereocenters. The first-order valence-electron chi connectivity index (χ1n) is 6.88. The van der Waals surface area contributed by atoms with E-state index in [2.05, 4.69) is 30.6 Å². The minimum Gasteiger partial charge on any atom is -0.389 e. The van der Waals surface area contributed by atoms with Gasteiger partial charge in [-0.05, 0) is 39.0 Å². The molecule has 1 saturated heterocycles. The maximum atomic E-state index is 6.24. The maximum absolute atomic E-state index is 6.24. The van der Waals surface area contributed by atoms with Gasteiger partial charge in [0, 0.05) is 43.0 Å². The zero-order valence-electron chi connectivity index (χ0n) is 12.3. The third-order valence-electron chi connectivity index (χ3n) is 3.81. The average Bonchev–Trinajstić information content (AvgIpc) is 2.37. The zero-order chi connectivity index (χ0) is 14.9. The van der Waals surface area contributed by atoms with Gasteiger partial charge >= 0.3 is 0 Å². The van der Waals surface area contributed by atoms with Crippen LogP contribution in [0.5, 0.6) is 0 Å². The minimum atomic E-state index is 0.235. The summed E-state index contributed by atoms with van der Waals surface area (Å²) in [4.78, 5) is 5.21. The van der Waals surface area contributed by atoms with Gasteiger partial charge in [-0.15, -0.1) is 0 Å². The summed E-state index contributed by atoms with van der Waals surface area (Å²) in [6, 6.07) is 5.92. The normalized spacial score (nSPS) is 17.3. The highest BCUT2D eigenvalue weighted by molar-refractivity contribution is 7.80. The van der Waals surface area contributed by atoms with E-state index >= 15 is 0 Å². The number of rotatable bonds is 2. The van der Waals surface area contributed by atoms with Crippen molar-refractivity contribution in [3.63, 3.8) is 0 Å². The first kappa shape index (κ1) is 15.5. The number of thiocarbonyl (C=S) groups is 1. The molecular weight excluding hydrogens is 290 g/mol. The monoisotopic (exact) mass is 311 g/mol. The SMILES string of the molecule is CC(C)(C)N1CCN(c2ccc(C(N)=S)c(Cl)c2)CC1. The van der Waals surface area contributed by atoms with E-state index in [4.69, 9.17) is 29.6 Å². The summed E-state index contributed by atoms with van der Waals surface area (Å²) >= 11 is 11.2. The van der Waals surface area contributed by atoms with Crippen molar-refractivity contribution in [1.82, 2.24) is 4.90 Å². The van der Waals surface area contributed by atoms with Gasteiger partial charge in [-0.1, -0.05) is 23.8 Å². The number of anilines is 1. The molecule has 1 aliphatic rings. The minimum absolute atomic E-state index is 0.235. The van der Waals surface area contributed by atoms with Crippen molar-refractivity contribution in [1.29, 1.82) is 0 Å². The molecule has 1 fully saturated rings. The molecule has 0 aliphatic carbocycles. The van der Waals surface area contributed by atoms with E-state index in [0.29, 0.717) is 10.0 Å². The molecular formula is C15H22ClN3S. The molecule has 3 nitrogen and oxygen atoms in total. The molecule has 2 N–H and O–H groups in total. The van der Waals surface area contributed by atoms with E-state index < -0.39 is 0 Å². The Morgan fingerprint density at radius 3 is 2.25 bits per heavy atom. The van der Waals surface area contributed by atoms with Crippen LogP contribution in [0.2, 0.25) is 5.02 Å². The summed E-state index contributed by atoms with van der Waals surface area (Å²) in [6.07, 6.45) is 0. The molecule has 1 aliphatic heterocycles. The summed E-state index contributed by atoms with van der Waals surface area (Å²) in [5.41, 5.74) is 7.76. The van der Waals surface area contributed by atoms with Crippen molar-refractivity contribution in [2.75, 3.05) is 31.1 Å². The second-order valence-corrected chi connectivity index (χ2v) is 7.02. The Morgan fingerprint density at radius 1 is 1.20 bits per heavy atom. The third-order valence-corrected chi connectivity index (χ3v) is 4.34. The lowest BCUT2D eigenvalue weighted by molar-refractivity contribution is 0.128. The Hall–Kier alpha value is -0.840. The molecule has 2 rings (SSSR count). The Bertz CT molecular complexity index is 502. The molecule has 0 radical (unpaired) electrons. The fraction of sp³-hybridized carbons (Fsp3) is 0.533. The lowest BCUT2D eigenvalue weighted by Crippen LogP contribution is -2.53. The molecule has 0 atom stereocenters. The molecule has 0 aromatic heterocycles. The first-order chi connectivity index (χ1) is 9.29. The smallest absolute Gasteiger partial charge is 0.105 e. The molecule has 0 saturated carbocycles. The number of nitrogens with zero attached hydrogens (tertiary/aromatic N) is 2. The molecule has 0 bridgehead atoms. The number of piperazine rings is 1. The van der Waals surface area contributed by atoms with Gasteiger partial charge in [-0.2, -0.15) is 0 Å². The number of benzene rings is 1. The highest BCUT2D eigenvalue weighted by Gasteiger charge is 2.26. The predicted octanol–water partition coefficient (Wildman–Crippen LogP) is 2.89. The van der Waals surface area contributed by atoms with E-state index in [-0.39, 0.29) is 5.54 Å². The van der Waals surface area contributed by atoms with Gasteiger partial charge < -0.3 is 10.6 Å². The number of nitrogens with two attached hydrogens (primary N) is 1. The molecule has 110 valence electrons. The fourth-order valence-corrected chi connectivity index (χ4v) is 3.05. The van der Waals surface area contributed by atoms with Gasteiger partial charge in [-0.3, -0.25) is 4.90 Å². The quantitative estimate of drug-likeness (QED) is 0.851. The first-order valence-corrected chi connectivity index (χ1v) is 7.67. The van der Waals surface area contributed by atoms with Gasteiger partial charge in [0.15, 0.2) is 0 Å². The topological polar surface area (TPSA) is 32.5 Å². The van der Waals surface area contributed by atoms with Crippen molar-refractivity contribution in [3.8, 4) is 0 Å². The van der Waals surface area contributed by atoms with Gasteiger partial charge in [0.05, 0.1) is 5.02 Å². The number of halogens is 1. The summed E-state index contributed by atoms with van der Waals surface area (Å²) in [5.74, 6) is 0. The zero-order valence-corrected chi connectivity index (χ0v) is 13.9. The molecule has 1 heterocycles. The molecule has 1 aromatic rings. The van der Waals surface area contributed by atoms with Crippen molar-refractivity contribution >= 4 is 34.5 Å². The number of hydrogen-bond acceptors (Lipinski definition) is 3. The third kappa shape index (κ3) is 3.43. The Morgan fingerprint density at radius 2 is 1.80 bits per heavy atom. The highest BCUT2D eigenvalue weighted by Crippen LogP contribution is 2.26. The Balaban J connectivity index is 2.08. The predicted molar refractivity (Wildman–Crippen MR) is 90.9 cm³/mol. The van der Waals surface area contributed by atoms with Gasteiger partial charge in [0.2, 0.25) is 0 Å². The summed E-state index contributed by atoms with van der Waals surface area (Å²) in [7, 11) is 0. The second-order valence-electron chi connectivity index (χ2n) is 6.17. The molecule has 1 aromatic carbocycles. The van der Waals surface area contributed by atoms with Gasteiger partial charge in [0.25, 0.3) is 0 Å². The van der Waals surface area contributed by atoms with Crippen molar-refractivity contribution in [2.45, 2.75) is 26.3 Å². The Labute approximate surface area is 131 Å². The van der Waals surface area contributed by atoms with Crippen LogP contribution in [-0.2, 0) is 0 Å². The van der Waals surface area contributed by atoms with Crippen molar-refractivity contribution < 1.29 is 0 Å². The van der Waals surface area contributed by atoms with E-state index in [1.807, 2.05) is 18.2 Å². The number of hydrogen-bond donors (Lipinski definition) is 1. The van der Waals surface area contributed by atoms with E-state index in [0.717, 1.165) is 37.4 Å². The lowest BCUT2D eigenvalue weighted by atomic mass is 10.0. The van der Waals surface area contributed by atoms with E-state index in [1.54, 1.807) is 0 Å². The van der Waals surface area contributed by atoms with Gasteiger partial charge in [-0.25, -0.2) is 0 Å². The van der Waals surface area contributed by atoms with Crippen LogP contribution >= 0.6 is 23.8 Å². The summed E-state index contributed by atoms with van der Waals surface area (Å²) < 4.78 is 0. The molecule has 0 spiro atoms. The van der Waals surface area contributed by atoms with E-state index in [9.17, 15) is 0 Å². The van der Waals surface area contributed by atoms with Crippen LogP contribution in [0.3, 0.4) is 0 Å². The lowest BCUT2D eigenvalue weighted by Gasteiger charge is -2.43. The molecule has 0 amide bonds. The summed E-state index contributed by atoms with van der Waals surface area (Å²) in [5, 5.41) is 0.633. The van der Waals surface area contributed by atoms with Crippen LogP contribution in [-0.4, -0.2) is 41.6 Å². The van der Waals surface area contributed by atoms with Crippen LogP contribution in [0.1, 0.15) is 26.3 Å². The van der Waals surface area contributed by atoms with Crippen LogP contribution in [0, 0.1) is 0 Å². The van der Waals surface area contributed by atoms with Crippen LogP contribution in [0.15, 0.2) is 18.2 Å². The van der Waals surface area contributed by atoms with Crippen LogP contribution < -0.4 is 10.6 Å². The summed E-state index contributed by atoms with van der Waals surface area (Å²) in [6.45, 7) is 10.9. The standard InChI is InChI=1S/C15H22ClN3S/c1-15(2,3)19-8-6-18(7-9-19)11-4-5-12(14(17)20)13(16)10-11/h4-5,10H,6-9H2,1-3H3,(H2,17,20). The Kier molecular flexibility index (Phi) is 4.57.